The molecule has 2 spiro atoms. The fourth-order valence-corrected chi connectivity index (χ4v) is 9.95. The van der Waals surface area contributed by atoms with Crippen molar-refractivity contribution in [1.82, 2.24) is 25.0 Å². The van der Waals surface area contributed by atoms with Gasteiger partial charge in [-0.2, -0.15) is 0 Å². The Bertz CT molecular complexity index is 1890. The van der Waals surface area contributed by atoms with Crippen molar-refractivity contribution in [3.8, 4) is 10.8 Å². The number of thiophene rings is 1. The van der Waals surface area contributed by atoms with Gasteiger partial charge in [0.1, 0.15) is 33.7 Å². The van der Waals surface area contributed by atoms with Crippen LogP contribution in [-0.2, 0) is 10.3 Å². The number of aliphatic imine (C=N–C) groups is 1. The summed E-state index contributed by atoms with van der Waals surface area (Å²) in [5.41, 5.74) is 4.46. The van der Waals surface area contributed by atoms with Crippen LogP contribution in [-0.4, -0.2) is 68.6 Å². The summed E-state index contributed by atoms with van der Waals surface area (Å²) in [7, 11) is 0. The van der Waals surface area contributed by atoms with Crippen LogP contribution in [0.3, 0.4) is 0 Å². The van der Waals surface area contributed by atoms with E-state index in [2.05, 4.69) is 63.1 Å². The average Bonchev–Trinajstić information content (AvgIpc) is 3.73. The molecule has 11 heteroatoms. The molecular formula is C39H48N8O2S. The summed E-state index contributed by atoms with van der Waals surface area (Å²) < 4.78 is 8.58. The quantitative estimate of drug-likeness (QED) is 0.173. The Hall–Kier alpha value is -4.12. The molecule has 3 N–H and O–H groups in total. The lowest BCUT2D eigenvalue weighted by Gasteiger charge is -2.53. The summed E-state index contributed by atoms with van der Waals surface area (Å²) in [5.74, 6) is 3.31. The van der Waals surface area contributed by atoms with E-state index in [0.717, 1.165) is 99.6 Å². The maximum atomic E-state index is 12.5. The fraction of sp³-hybridized carbons (Fsp3) is 0.538. The monoisotopic (exact) mass is 692 g/mol. The maximum absolute atomic E-state index is 12.5. The Morgan fingerprint density at radius 3 is 2.52 bits per heavy atom. The maximum Gasteiger partial charge on any atom is 0.269 e. The number of piperidine rings is 1. The van der Waals surface area contributed by atoms with E-state index in [4.69, 9.17) is 20.5 Å². The minimum atomic E-state index is -0.333. The molecule has 0 unspecified atom stereocenters. The van der Waals surface area contributed by atoms with Gasteiger partial charge in [0.15, 0.2) is 5.82 Å². The number of carbonyl (C=O) groups is 1. The van der Waals surface area contributed by atoms with Gasteiger partial charge in [-0.3, -0.25) is 25.2 Å². The van der Waals surface area contributed by atoms with Crippen LogP contribution >= 0.6 is 11.3 Å². The Morgan fingerprint density at radius 2 is 1.78 bits per heavy atom. The number of aryl methyl sites for hydroxylation is 2. The van der Waals surface area contributed by atoms with Gasteiger partial charge in [-0.05, 0) is 125 Å². The Labute approximate surface area is 298 Å². The molecule has 3 saturated carbocycles. The van der Waals surface area contributed by atoms with Gasteiger partial charge >= 0.3 is 0 Å². The topological polar surface area (TPSA) is 132 Å². The number of carbonyl (C=O) groups excluding carboxylic acids is 1. The van der Waals surface area contributed by atoms with Crippen molar-refractivity contribution in [1.29, 1.82) is 10.8 Å². The van der Waals surface area contributed by atoms with Crippen LogP contribution in [0.5, 0.6) is 5.75 Å². The summed E-state index contributed by atoms with van der Waals surface area (Å²) in [4.78, 5) is 21.3. The van der Waals surface area contributed by atoms with Gasteiger partial charge < -0.3 is 15.0 Å². The summed E-state index contributed by atoms with van der Waals surface area (Å²) in [5, 5.41) is 30.1. The van der Waals surface area contributed by atoms with Gasteiger partial charge in [0.25, 0.3) is 5.91 Å². The molecule has 0 bridgehead atoms. The molecule has 2 aromatic heterocycles. The molecule has 0 atom stereocenters. The second-order valence-electron chi connectivity index (χ2n) is 15.4. The van der Waals surface area contributed by atoms with Crippen molar-refractivity contribution < 1.29 is 9.53 Å². The molecule has 4 fully saturated rings. The first kappa shape index (κ1) is 33.0. The van der Waals surface area contributed by atoms with Crippen LogP contribution in [0.15, 0.2) is 41.4 Å². The highest BCUT2D eigenvalue weighted by Gasteiger charge is 2.51. The predicted octanol–water partition coefficient (Wildman–Crippen LogP) is 6.97. The second-order valence-corrected chi connectivity index (χ2v) is 16.6. The number of nitrogens with zero attached hydrogens (tertiary/aromatic N) is 5. The van der Waals surface area contributed by atoms with Crippen LogP contribution < -0.4 is 10.1 Å². The van der Waals surface area contributed by atoms with Crippen LogP contribution in [0.2, 0.25) is 0 Å². The number of fused-ring (bicyclic) bond motifs is 4. The van der Waals surface area contributed by atoms with E-state index >= 15 is 0 Å². The third-order valence-corrected chi connectivity index (χ3v) is 12.9. The van der Waals surface area contributed by atoms with E-state index in [1.54, 1.807) is 17.4 Å². The largest absolute Gasteiger partial charge is 0.493 e. The molecule has 3 aromatic rings. The number of amides is 1. The van der Waals surface area contributed by atoms with E-state index in [1.165, 1.54) is 39.9 Å². The SMILES string of the molecule is Cc1sc2c(c1C)C(c1ccc(OCC3CC4(CCCN(C(=N)/C=C\C(=N)C(=O)NC5CCCCC5)C4)C3)cc1)=NC1(CC1)c1nnc(C)n1-2. The van der Waals surface area contributed by atoms with Gasteiger partial charge in [0.2, 0.25) is 0 Å². The Kier molecular flexibility index (Phi) is 8.52. The first-order valence-electron chi connectivity index (χ1n) is 18.4. The third kappa shape index (κ3) is 6.11. The Morgan fingerprint density at radius 1 is 1.02 bits per heavy atom. The molecule has 4 heterocycles. The van der Waals surface area contributed by atoms with Gasteiger partial charge in [-0.1, -0.05) is 19.3 Å². The Balaban J connectivity index is 0.862. The minimum absolute atomic E-state index is 0.0725. The van der Waals surface area contributed by atoms with E-state index in [0.29, 0.717) is 18.4 Å². The lowest BCUT2D eigenvalue weighted by atomic mass is 9.58. The molecule has 5 aliphatic rings. The highest BCUT2D eigenvalue weighted by molar-refractivity contribution is 7.15. The number of aromatic nitrogens is 3. The first-order chi connectivity index (χ1) is 24.1. The van der Waals surface area contributed by atoms with Crippen molar-refractivity contribution in [2.24, 2.45) is 16.3 Å². The molecule has 3 aliphatic carbocycles. The molecule has 50 heavy (non-hydrogen) atoms. The number of benzene rings is 1. The molecule has 1 amide bonds. The van der Waals surface area contributed by atoms with E-state index < -0.39 is 0 Å². The van der Waals surface area contributed by atoms with Crippen molar-refractivity contribution in [3.63, 3.8) is 0 Å². The number of amidine groups is 1. The molecule has 2 aliphatic heterocycles. The number of nitrogens with one attached hydrogen (secondary N) is 3. The van der Waals surface area contributed by atoms with Crippen LogP contribution in [0.4, 0.5) is 0 Å². The molecular weight excluding hydrogens is 645 g/mol. The van der Waals surface area contributed by atoms with Crippen molar-refractivity contribution in [3.05, 3.63) is 69.6 Å². The normalized spacial score (nSPS) is 23.9. The van der Waals surface area contributed by atoms with Crippen LogP contribution in [0.25, 0.3) is 5.00 Å². The van der Waals surface area contributed by atoms with Crippen LogP contribution in [0.1, 0.15) is 104 Å². The second kappa shape index (κ2) is 12.9. The van der Waals surface area contributed by atoms with Crippen LogP contribution in [0, 0.1) is 42.9 Å². The minimum Gasteiger partial charge on any atom is -0.493 e. The lowest BCUT2D eigenvalue weighted by molar-refractivity contribution is -0.115. The fourth-order valence-electron chi connectivity index (χ4n) is 8.74. The molecule has 10 nitrogen and oxygen atoms in total. The third-order valence-electron chi connectivity index (χ3n) is 11.7. The molecule has 262 valence electrons. The standard InChI is InChI=1S/C39H48N8O2S/c1-24-25(2)50-36-33(24)34(43-39(17-18-39)37-45-44-26(3)47(36)37)28-10-12-30(13-11-28)49-22-27-20-38(21-27)16-7-19-46(23-38)32(41)15-14-31(40)35(48)42-29-8-5-4-6-9-29/h10-15,27,29,40-41H,4-9,16-23H2,1-3H3,(H,42,48)/b15-14-,40-31?,41-32?. The van der Waals surface area contributed by atoms with Crippen molar-refractivity contribution in [2.45, 2.75) is 103 Å². The van der Waals surface area contributed by atoms with E-state index in [-0.39, 0.29) is 28.6 Å². The first-order valence-corrected chi connectivity index (χ1v) is 19.2. The van der Waals surface area contributed by atoms with Gasteiger partial charge in [0, 0.05) is 35.1 Å². The van der Waals surface area contributed by atoms with Crippen molar-refractivity contribution >= 4 is 34.5 Å². The van der Waals surface area contributed by atoms with Gasteiger partial charge in [-0.15, -0.1) is 21.5 Å². The predicted molar refractivity (Wildman–Crippen MR) is 198 cm³/mol. The molecule has 8 rings (SSSR count). The summed E-state index contributed by atoms with van der Waals surface area (Å²) in [6.45, 7) is 8.80. The number of hydrogen-bond donors (Lipinski definition) is 3. The van der Waals surface area contributed by atoms with Gasteiger partial charge in [0.05, 0.1) is 12.3 Å². The lowest BCUT2D eigenvalue weighted by Crippen LogP contribution is -2.52. The molecule has 0 radical (unpaired) electrons. The number of ether oxygens (including phenoxy) is 1. The zero-order valence-corrected chi connectivity index (χ0v) is 30.3. The molecule has 1 aromatic carbocycles. The highest BCUT2D eigenvalue weighted by atomic mass is 32.1. The van der Waals surface area contributed by atoms with Gasteiger partial charge in [-0.25, -0.2) is 0 Å². The number of hydrogen-bond acceptors (Lipinski definition) is 8. The summed E-state index contributed by atoms with van der Waals surface area (Å²) in [6.07, 6.45) is 15.0. The number of likely N-dealkylation sites (tertiary alicyclic amines) is 1. The number of rotatable bonds is 8. The smallest absolute Gasteiger partial charge is 0.269 e. The highest BCUT2D eigenvalue weighted by Crippen LogP contribution is 2.53. The average molecular weight is 693 g/mol. The summed E-state index contributed by atoms with van der Waals surface area (Å²) in [6, 6.07) is 8.65. The van der Waals surface area contributed by atoms with Crippen molar-refractivity contribution in [2.75, 3.05) is 19.7 Å². The molecule has 1 saturated heterocycles. The van der Waals surface area contributed by atoms with E-state index in [9.17, 15) is 4.79 Å². The van der Waals surface area contributed by atoms with E-state index in [1.807, 2.05) is 6.92 Å². The zero-order valence-electron chi connectivity index (χ0n) is 29.5. The zero-order chi connectivity index (χ0) is 34.6. The summed E-state index contributed by atoms with van der Waals surface area (Å²) >= 11 is 1.80.